The van der Waals surface area contributed by atoms with E-state index in [2.05, 4.69) is 10.2 Å². The molecule has 3 aromatic carbocycles. The zero-order valence-corrected chi connectivity index (χ0v) is 17.5. The molecule has 0 amide bonds. The lowest BCUT2D eigenvalue weighted by Crippen LogP contribution is -2.00. The Bertz CT molecular complexity index is 1860. The molecule has 0 unspecified atom stereocenters. The Hall–Kier alpha value is -4.98. The van der Waals surface area contributed by atoms with Crippen LogP contribution in [0.2, 0.25) is 0 Å². The number of aromatic nitrogens is 4. The highest BCUT2D eigenvalue weighted by molar-refractivity contribution is 6.11. The molecule has 8 nitrogen and oxygen atoms in total. The Balaban J connectivity index is 1.56. The Morgan fingerprint density at radius 3 is 1.44 bits per heavy atom. The minimum atomic E-state index is -0.513. The number of benzene rings is 3. The first-order valence-electron chi connectivity index (χ1n) is 10.6. The summed E-state index contributed by atoms with van der Waals surface area (Å²) in [5.74, 6) is 0. The van der Waals surface area contributed by atoms with Gasteiger partial charge >= 0.3 is 11.3 Å². The molecule has 162 valence electrons. The zero-order chi connectivity index (χ0) is 22.8. The van der Waals surface area contributed by atoms with Crippen molar-refractivity contribution in [2.24, 2.45) is 0 Å². The third-order valence-corrected chi connectivity index (χ3v) is 5.91. The van der Waals surface area contributed by atoms with Gasteiger partial charge in [0.15, 0.2) is 0 Å². The maximum absolute atomic E-state index is 12.7. The highest BCUT2D eigenvalue weighted by atomic mass is 16.4. The average molecular weight is 446 g/mol. The first kappa shape index (κ1) is 18.6. The van der Waals surface area contributed by atoms with Crippen LogP contribution in [0.4, 0.5) is 0 Å². The van der Waals surface area contributed by atoms with Crippen molar-refractivity contribution in [3.63, 3.8) is 0 Å². The molecule has 0 bridgehead atoms. The highest BCUT2D eigenvalue weighted by Gasteiger charge is 2.18. The fourth-order valence-corrected chi connectivity index (χ4v) is 4.28. The van der Waals surface area contributed by atoms with Crippen LogP contribution in [0.1, 0.15) is 0 Å². The van der Waals surface area contributed by atoms with E-state index in [0.29, 0.717) is 32.6 Å². The van der Waals surface area contributed by atoms with Crippen molar-refractivity contribution < 1.29 is 8.83 Å². The van der Waals surface area contributed by atoms with Gasteiger partial charge in [-0.1, -0.05) is 36.4 Å². The van der Waals surface area contributed by atoms with Gasteiger partial charge in [0.1, 0.15) is 33.0 Å². The number of hydrogen-bond acceptors (Lipinski definition) is 6. The molecule has 0 fully saturated rings. The van der Waals surface area contributed by atoms with Gasteiger partial charge in [-0.15, -0.1) is 0 Å². The van der Waals surface area contributed by atoms with Gasteiger partial charge in [0, 0.05) is 29.2 Å². The molecule has 4 aromatic heterocycles. The number of fused-ring (bicyclic) bond motifs is 6. The molecule has 0 aliphatic carbocycles. The molecular weight excluding hydrogens is 432 g/mol. The van der Waals surface area contributed by atoms with E-state index >= 15 is 0 Å². The van der Waals surface area contributed by atoms with E-state index in [0.717, 1.165) is 11.4 Å². The number of para-hydroxylation sites is 2. The predicted molar refractivity (Wildman–Crippen MR) is 128 cm³/mol. The van der Waals surface area contributed by atoms with E-state index in [1.807, 2.05) is 66.7 Å². The van der Waals surface area contributed by atoms with Gasteiger partial charge < -0.3 is 8.83 Å². The molecular formula is C26H14N4O4. The van der Waals surface area contributed by atoms with E-state index in [4.69, 9.17) is 8.83 Å². The number of hydrogen-bond donors (Lipinski definition) is 0. The van der Waals surface area contributed by atoms with Crippen molar-refractivity contribution in [3.8, 4) is 11.4 Å². The second kappa shape index (κ2) is 6.76. The summed E-state index contributed by atoms with van der Waals surface area (Å²) in [4.78, 5) is 25.4. The van der Waals surface area contributed by atoms with Crippen LogP contribution in [0, 0.1) is 0 Å². The normalized spacial score (nSPS) is 11.8. The Kier molecular flexibility index (Phi) is 3.69. The van der Waals surface area contributed by atoms with Gasteiger partial charge in [0.05, 0.1) is 11.4 Å². The van der Waals surface area contributed by atoms with E-state index in [1.165, 1.54) is 0 Å². The summed E-state index contributed by atoms with van der Waals surface area (Å²) in [6.45, 7) is 0. The van der Waals surface area contributed by atoms with Gasteiger partial charge in [0.2, 0.25) is 0 Å². The largest absolute Gasteiger partial charge is 0.422 e. The third kappa shape index (κ3) is 2.65. The Labute approximate surface area is 189 Å². The van der Waals surface area contributed by atoms with Gasteiger partial charge in [0.25, 0.3) is 0 Å². The molecule has 4 heterocycles. The molecule has 0 saturated heterocycles. The molecule has 0 aliphatic heterocycles. The standard InChI is InChI=1S/C26H14N4O4/c31-25-19-13-29(15-7-3-1-4-8-15)27-23(19)17-11-18-22(12-21(17)33-25)34-26(32)20-14-30(28-24(18)20)16-9-5-2-6-10-16/h1-14H. The fourth-order valence-electron chi connectivity index (χ4n) is 4.28. The third-order valence-electron chi connectivity index (χ3n) is 5.91. The summed E-state index contributed by atoms with van der Waals surface area (Å²) in [6.07, 6.45) is 3.32. The van der Waals surface area contributed by atoms with Crippen LogP contribution < -0.4 is 11.3 Å². The van der Waals surface area contributed by atoms with Crippen LogP contribution in [0.15, 0.2) is 104 Å². The van der Waals surface area contributed by atoms with E-state index < -0.39 is 11.3 Å². The van der Waals surface area contributed by atoms with Gasteiger partial charge in [-0.2, -0.15) is 10.2 Å². The smallest absolute Gasteiger partial charge is 0.347 e. The molecule has 7 rings (SSSR count). The van der Waals surface area contributed by atoms with E-state index in [1.54, 1.807) is 27.8 Å². The van der Waals surface area contributed by atoms with Crippen molar-refractivity contribution in [2.75, 3.05) is 0 Å². The maximum atomic E-state index is 12.7. The molecule has 0 spiro atoms. The SMILES string of the molecule is O=c1oc2cc3oc(=O)c4cn(-c5ccccc5)nc4c3cc2c2nn(-c3ccccc3)cc12. The summed E-state index contributed by atoms with van der Waals surface area (Å²) in [6, 6.07) is 22.4. The Morgan fingerprint density at radius 2 is 1.00 bits per heavy atom. The quantitative estimate of drug-likeness (QED) is 0.285. The molecule has 34 heavy (non-hydrogen) atoms. The molecule has 0 aliphatic rings. The predicted octanol–water partition coefficient (Wildman–Crippen LogP) is 4.58. The van der Waals surface area contributed by atoms with Crippen LogP contribution in [-0.2, 0) is 0 Å². The molecule has 0 atom stereocenters. The summed E-state index contributed by atoms with van der Waals surface area (Å²) in [5, 5.41) is 11.3. The first-order chi connectivity index (χ1) is 16.7. The van der Waals surface area contributed by atoms with Crippen molar-refractivity contribution in [2.45, 2.75) is 0 Å². The minimum Gasteiger partial charge on any atom is -0.422 e. The van der Waals surface area contributed by atoms with Crippen LogP contribution in [0.3, 0.4) is 0 Å². The number of rotatable bonds is 2. The van der Waals surface area contributed by atoms with Gasteiger partial charge in [-0.3, -0.25) is 0 Å². The van der Waals surface area contributed by atoms with Crippen LogP contribution in [-0.4, -0.2) is 19.6 Å². The van der Waals surface area contributed by atoms with Crippen LogP contribution >= 0.6 is 0 Å². The topological polar surface area (TPSA) is 96.1 Å². The maximum Gasteiger partial charge on any atom is 0.347 e. The lowest BCUT2D eigenvalue weighted by atomic mass is 10.1. The lowest BCUT2D eigenvalue weighted by molar-refractivity contribution is 0.558. The van der Waals surface area contributed by atoms with Crippen molar-refractivity contribution in [1.82, 2.24) is 19.6 Å². The van der Waals surface area contributed by atoms with Crippen molar-refractivity contribution in [3.05, 3.63) is 106 Å². The monoisotopic (exact) mass is 446 g/mol. The zero-order valence-electron chi connectivity index (χ0n) is 17.5. The summed E-state index contributed by atoms with van der Waals surface area (Å²) < 4.78 is 14.4. The fraction of sp³-hybridized carbons (Fsp3) is 0. The molecule has 8 heteroatoms. The van der Waals surface area contributed by atoms with Gasteiger partial charge in [-0.05, 0) is 30.3 Å². The molecule has 0 saturated carbocycles. The highest BCUT2D eigenvalue weighted by Crippen LogP contribution is 2.30. The second-order valence-electron chi connectivity index (χ2n) is 7.97. The molecule has 0 radical (unpaired) electrons. The second-order valence-corrected chi connectivity index (χ2v) is 7.97. The van der Waals surface area contributed by atoms with E-state index in [9.17, 15) is 9.59 Å². The van der Waals surface area contributed by atoms with Crippen LogP contribution in [0.5, 0.6) is 0 Å². The van der Waals surface area contributed by atoms with Crippen molar-refractivity contribution in [1.29, 1.82) is 0 Å². The minimum absolute atomic E-state index is 0.285. The van der Waals surface area contributed by atoms with Crippen molar-refractivity contribution >= 4 is 43.7 Å². The van der Waals surface area contributed by atoms with Gasteiger partial charge in [-0.25, -0.2) is 19.0 Å². The summed E-state index contributed by atoms with van der Waals surface area (Å²) >= 11 is 0. The van der Waals surface area contributed by atoms with Crippen LogP contribution in [0.25, 0.3) is 55.1 Å². The lowest BCUT2D eigenvalue weighted by Gasteiger charge is -2.02. The summed E-state index contributed by atoms with van der Waals surface area (Å²) in [5.41, 5.74) is 2.19. The average Bonchev–Trinajstić information content (AvgIpc) is 3.51. The van der Waals surface area contributed by atoms with E-state index in [-0.39, 0.29) is 11.2 Å². The number of nitrogens with zero attached hydrogens (tertiary/aromatic N) is 4. The molecule has 0 N–H and O–H groups in total. The molecule has 7 aromatic rings. The Morgan fingerprint density at radius 1 is 0.559 bits per heavy atom. The first-order valence-corrected chi connectivity index (χ1v) is 10.6. The summed E-state index contributed by atoms with van der Waals surface area (Å²) in [7, 11) is 0.